The van der Waals surface area contributed by atoms with Gasteiger partial charge in [-0.05, 0) is 60.7 Å². The van der Waals surface area contributed by atoms with Crippen molar-refractivity contribution in [1.29, 1.82) is 0 Å². The van der Waals surface area contributed by atoms with E-state index in [2.05, 4.69) is 67.8 Å². The Hall–Kier alpha value is -1.81. The van der Waals surface area contributed by atoms with Gasteiger partial charge in [0.25, 0.3) is 0 Å². The van der Waals surface area contributed by atoms with Crippen LogP contribution in [0.25, 0.3) is 10.9 Å². The van der Waals surface area contributed by atoms with Crippen LogP contribution in [0.15, 0.2) is 47.1 Å². The Morgan fingerprint density at radius 2 is 2.10 bits per heavy atom. The Labute approximate surface area is 131 Å². The number of rotatable bonds is 2. The molecule has 2 aromatic carbocycles. The highest BCUT2D eigenvalue weighted by molar-refractivity contribution is 9.10. The quantitative estimate of drug-likeness (QED) is 0.729. The van der Waals surface area contributed by atoms with E-state index in [0.29, 0.717) is 6.04 Å². The van der Waals surface area contributed by atoms with Crippen molar-refractivity contribution in [2.75, 3.05) is 5.32 Å². The highest BCUT2D eigenvalue weighted by atomic mass is 79.9. The zero-order chi connectivity index (χ0) is 14.2. The van der Waals surface area contributed by atoms with Gasteiger partial charge in [-0.1, -0.05) is 22.0 Å². The molecule has 2 N–H and O–H groups in total. The van der Waals surface area contributed by atoms with Gasteiger partial charge in [-0.2, -0.15) is 5.10 Å². The molecule has 1 aromatic heterocycles. The number of nitrogens with zero attached hydrogens (tertiary/aromatic N) is 1. The predicted molar refractivity (Wildman–Crippen MR) is 89.7 cm³/mol. The summed E-state index contributed by atoms with van der Waals surface area (Å²) in [4.78, 5) is 0. The Morgan fingerprint density at radius 3 is 3.05 bits per heavy atom. The van der Waals surface area contributed by atoms with Crippen molar-refractivity contribution in [3.8, 4) is 0 Å². The smallest absolute Gasteiger partial charge is 0.0651 e. The molecule has 0 saturated carbocycles. The van der Waals surface area contributed by atoms with Gasteiger partial charge in [0.15, 0.2) is 0 Å². The van der Waals surface area contributed by atoms with E-state index in [1.165, 1.54) is 27.7 Å². The second kappa shape index (κ2) is 5.19. The van der Waals surface area contributed by atoms with Crippen molar-refractivity contribution in [3.05, 3.63) is 58.2 Å². The minimum absolute atomic E-state index is 0.503. The summed E-state index contributed by atoms with van der Waals surface area (Å²) < 4.78 is 1.18. The van der Waals surface area contributed by atoms with Gasteiger partial charge in [-0.25, -0.2) is 0 Å². The van der Waals surface area contributed by atoms with Crippen LogP contribution in [-0.2, 0) is 12.8 Å². The summed E-state index contributed by atoms with van der Waals surface area (Å²) in [6.45, 7) is 0. The lowest BCUT2D eigenvalue weighted by molar-refractivity contribution is 0.611. The van der Waals surface area contributed by atoms with Gasteiger partial charge >= 0.3 is 0 Å². The molecule has 4 rings (SSSR count). The van der Waals surface area contributed by atoms with Crippen LogP contribution in [0.4, 0.5) is 5.69 Å². The SMILES string of the molecule is Brc1ccc2c(c1)CCC(Nc1ccc3[nH]ncc3c1)C2. The van der Waals surface area contributed by atoms with Crippen molar-refractivity contribution in [2.24, 2.45) is 0 Å². The average molecular weight is 342 g/mol. The molecule has 0 saturated heterocycles. The maximum Gasteiger partial charge on any atom is 0.0651 e. The van der Waals surface area contributed by atoms with Crippen LogP contribution in [0.2, 0.25) is 0 Å². The molecular formula is C17H16BrN3. The number of hydrogen-bond donors (Lipinski definition) is 2. The van der Waals surface area contributed by atoms with E-state index in [-0.39, 0.29) is 0 Å². The molecule has 1 atom stereocenters. The number of hydrogen-bond acceptors (Lipinski definition) is 2. The highest BCUT2D eigenvalue weighted by Gasteiger charge is 2.18. The summed E-state index contributed by atoms with van der Waals surface area (Å²) in [5, 5.41) is 11.9. The van der Waals surface area contributed by atoms with E-state index < -0.39 is 0 Å². The van der Waals surface area contributed by atoms with Gasteiger partial charge in [-0.15, -0.1) is 0 Å². The van der Waals surface area contributed by atoms with E-state index >= 15 is 0 Å². The molecular weight excluding hydrogens is 326 g/mol. The second-order valence-electron chi connectivity index (χ2n) is 5.67. The number of halogens is 1. The van der Waals surface area contributed by atoms with Crippen molar-refractivity contribution < 1.29 is 0 Å². The highest BCUT2D eigenvalue weighted by Crippen LogP contribution is 2.27. The summed E-state index contributed by atoms with van der Waals surface area (Å²) >= 11 is 3.55. The Kier molecular flexibility index (Phi) is 3.19. The maximum absolute atomic E-state index is 4.07. The van der Waals surface area contributed by atoms with Crippen LogP contribution in [0.3, 0.4) is 0 Å². The zero-order valence-electron chi connectivity index (χ0n) is 11.6. The summed E-state index contributed by atoms with van der Waals surface area (Å²) in [5.41, 5.74) is 5.20. The molecule has 1 unspecified atom stereocenters. The van der Waals surface area contributed by atoms with E-state index in [4.69, 9.17) is 0 Å². The third-order valence-electron chi connectivity index (χ3n) is 4.21. The van der Waals surface area contributed by atoms with Crippen LogP contribution < -0.4 is 5.32 Å². The van der Waals surface area contributed by atoms with Crippen molar-refractivity contribution in [1.82, 2.24) is 10.2 Å². The summed E-state index contributed by atoms with van der Waals surface area (Å²) in [6, 6.07) is 13.5. The number of anilines is 1. The first-order valence-corrected chi connectivity index (χ1v) is 8.04. The number of aromatic amines is 1. The van der Waals surface area contributed by atoms with E-state index in [1.807, 2.05) is 6.20 Å². The van der Waals surface area contributed by atoms with Crippen molar-refractivity contribution in [2.45, 2.75) is 25.3 Å². The fourth-order valence-corrected chi connectivity index (χ4v) is 3.52. The van der Waals surface area contributed by atoms with E-state index in [1.54, 1.807) is 0 Å². The minimum Gasteiger partial charge on any atom is -0.382 e. The first kappa shape index (κ1) is 12.9. The second-order valence-corrected chi connectivity index (χ2v) is 6.58. The standard InChI is InChI=1S/C17H16BrN3/c18-14-3-1-12-8-15(4-2-11(12)7-14)20-16-5-6-17-13(9-16)10-19-21-17/h1,3,5-7,9-10,15,20H,2,4,8H2,(H,19,21). The summed E-state index contributed by atoms with van der Waals surface area (Å²) in [6.07, 6.45) is 5.27. The maximum atomic E-state index is 4.07. The lowest BCUT2D eigenvalue weighted by atomic mass is 9.88. The fraction of sp³-hybridized carbons (Fsp3) is 0.235. The van der Waals surface area contributed by atoms with Crippen LogP contribution in [0, 0.1) is 0 Å². The average Bonchev–Trinajstić information content (AvgIpc) is 2.95. The monoisotopic (exact) mass is 341 g/mol. The molecule has 4 heteroatoms. The molecule has 0 bridgehead atoms. The third-order valence-corrected chi connectivity index (χ3v) is 4.70. The largest absolute Gasteiger partial charge is 0.382 e. The number of nitrogens with one attached hydrogen (secondary N) is 2. The molecule has 3 nitrogen and oxygen atoms in total. The molecule has 3 aromatic rings. The van der Waals surface area contributed by atoms with Crippen LogP contribution >= 0.6 is 15.9 Å². The number of fused-ring (bicyclic) bond motifs is 2. The predicted octanol–water partition coefficient (Wildman–Crippen LogP) is 4.29. The van der Waals surface area contributed by atoms with Gasteiger partial charge < -0.3 is 5.32 Å². The Balaban J connectivity index is 1.54. The fourth-order valence-electron chi connectivity index (χ4n) is 3.12. The van der Waals surface area contributed by atoms with Gasteiger partial charge in [-0.3, -0.25) is 5.10 Å². The zero-order valence-corrected chi connectivity index (χ0v) is 13.2. The third kappa shape index (κ3) is 2.56. The molecule has 0 radical (unpaired) electrons. The topological polar surface area (TPSA) is 40.7 Å². The van der Waals surface area contributed by atoms with Gasteiger partial charge in [0.05, 0.1) is 11.7 Å². The summed E-state index contributed by atoms with van der Waals surface area (Å²) in [5.74, 6) is 0. The van der Waals surface area contributed by atoms with E-state index in [0.717, 1.165) is 23.7 Å². The molecule has 0 amide bonds. The van der Waals surface area contributed by atoms with E-state index in [9.17, 15) is 0 Å². The van der Waals surface area contributed by atoms with Crippen LogP contribution in [0.5, 0.6) is 0 Å². The van der Waals surface area contributed by atoms with Gasteiger partial charge in [0, 0.05) is 21.6 Å². The number of aromatic nitrogens is 2. The minimum atomic E-state index is 0.503. The molecule has 1 aliphatic rings. The van der Waals surface area contributed by atoms with Crippen LogP contribution in [-0.4, -0.2) is 16.2 Å². The first-order valence-electron chi connectivity index (χ1n) is 7.25. The normalized spacial score (nSPS) is 17.7. The molecule has 0 fully saturated rings. The molecule has 1 heterocycles. The molecule has 1 aliphatic carbocycles. The molecule has 21 heavy (non-hydrogen) atoms. The summed E-state index contributed by atoms with van der Waals surface area (Å²) in [7, 11) is 0. The van der Waals surface area contributed by atoms with Crippen LogP contribution in [0.1, 0.15) is 17.5 Å². The van der Waals surface area contributed by atoms with Gasteiger partial charge in [0.2, 0.25) is 0 Å². The first-order chi connectivity index (χ1) is 10.3. The number of H-pyrrole nitrogens is 1. The molecule has 0 spiro atoms. The van der Waals surface area contributed by atoms with Crippen molar-refractivity contribution >= 4 is 32.5 Å². The lowest BCUT2D eigenvalue weighted by Gasteiger charge is -2.26. The van der Waals surface area contributed by atoms with Gasteiger partial charge in [0.1, 0.15) is 0 Å². The lowest BCUT2D eigenvalue weighted by Crippen LogP contribution is -2.27. The number of aryl methyl sites for hydroxylation is 1. The van der Waals surface area contributed by atoms with Crippen molar-refractivity contribution in [3.63, 3.8) is 0 Å². The Morgan fingerprint density at radius 1 is 1.14 bits per heavy atom. The Bertz CT molecular complexity index is 794. The molecule has 106 valence electrons. The molecule has 0 aliphatic heterocycles. The number of benzene rings is 2.